The minimum atomic E-state index is -0.441. The lowest BCUT2D eigenvalue weighted by molar-refractivity contribution is 0.0956. The van der Waals surface area contributed by atoms with Gasteiger partial charge >= 0.3 is 0 Å². The number of pyridine rings is 2. The second-order valence-corrected chi connectivity index (χ2v) is 4.80. The zero-order valence-electron chi connectivity index (χ0n) is 13.0. The predicted molar refractivity (Wildman–Crippen MR) is 86.3 cm³/mol. The highest BCUT2D eigenvalue weighted by atomic mass is 16.5. The monoisotopic (exact) mass is 311 g/mol. The summed E-state index contributed by atoms with van der Waals surface area (Å²) in [5.74, 6) is 5.75. The van der Waals surface area contributed by atoms with Crippen LogP contribution in [-0.4, -0.2) is 28.6 Å². The first-order chi connectivity index (χ1) is 11.1. The number of nitrogens with one attached hydrogen (secondary N) is 1. The SMILES string of the molecule is Cc1ccc(OCC#CCNC(=O)c2cccn(C)c2=O)cn1. The fourth-order valence-corrected chi connectivity index (χ4v) is 1.76. The van der Waals surface area contributed by atoms with Crippen LogP contribution in [0.1, 0.15) is 16.1 Å². The van der Waals surface area contributed by atoms with Crippen molar-refractivity contribution < 1.29 is 9.53 Å². The zero-order valence-corrected chi connectivity index (χ0v) is 13.0. The second kappa shape index (κ2) is 7.80. The minimum absolute atomic E-state index is 0.0961. The van der Waals surface area contributed by atoms with E-state index in [0.717, 1.165) is 5.69 Å². The first kappa shape index (κ1) is 16.3. The Bertz CT molecular complexity index is 798. The fourth-order valence-electron chi connectivity index (χ4n) is 1.76. The van der Waals surface area contributed by atoms with Crippen molar-refractivity contribution in [2.24, 2.45) is 7.05 Å². The second-order valence-electron chi connectivity index (χ2n) is 4.80. The Hall–Kier alpha value is -3.07. The van der Waals surface area contributed by atoms with Gasteiger partial charge in [-0.25, -0.2) is 0 Å². The van der Waals surface area contributed by atoms with Crippen molar-refractivity contribution >= 4 is 5.91 Å². The van der Waals surface area contributed by atoms with Gasteiger partial charge in [0.1, 0.15) is 17.9 Å². The Morgan fingerprint density at radius 3 is 2.91 bits per heavy atom. The molecular weight excluding hydrogens is 294 g/mol. The molecule has 0 atom stereocenters. The lowest BCUT2D eigenvalue weighted by Gasteiger charge is -2.03. The summed E-state index contributed by atoms with van der Waals surface area (Å²) in [4.78, 5) is 27.7. The molecule has 0 aromatic carbocycles. The van der Waals surface area contributed by atoms with E-state index in [1.54, 1.807) is 25.5 Å². The largest absolute Gasteiger partial charge is 0.479 e. The van der Waals surface area contributed by atoms with Gasteiger partial charge in [0.05, 0.1) is 12.7 Å². The van der Waals surface area contributed by atoms with E-state index in [0.29, 0.717) is 5.75 Å². The van der Waals surface area contributed by atoms with Crippen LogP contribution < -0.4 is 15.6 Å². The number of aryl methyl sites for hydroxylation is 2. The molecule has 1 amide bonds. The summed E-state index contributed by atoms with van der Waals surface area (Å²) in [6.45, 7) is 2.24. The highest BCUT2D eigenvalue weighted by molar-refractivity contribution is 5.93. The van der Waals surface area contributed by atoms with Gasteiger partial charge in [-0.15, -0.1) is 0 Å². The van der Waals surface area contributed by atoms with Gasteiger partial charge in [-0.3, -0.25) is 14.6 Å². The number of rotatable bonds is 4. The molecule has 0 fully saturated rings. The molecule has 0 saturated carbocycles. The van der Waals surface area contributed by atoms with Crippen molar-refractivity contribution in [3.63, 3.8) is 0 Å². The maximum absolute atomic E-state index is 11.9. The number of aromatic nitrogens is 2. The lowest BCUT2D eigenvalue weighted by atomic mass is 10.2. The van der Waals surface area contributed by atoms with Gasteiger partial charge < -0.3 is 14.6 Å². The summed E-state index contributed by atoms with van der Waals surface area (Å²) in [6.07, 6.45) is 3.22. The molecular formula is C17H17N3O3. The molecule has 1 N–H and O–H groups in total. The zero-order chi connectivity index (χ0) is 16.7. The van der Waals surface area contributed by atoms with Crippen LogP contribution in [0, 0.1) is 18.8 Å². The Morgan fingerprint density at radius 1 is 1.35 bits per heavy atom. The lowest BCUT2D eigenvalue weighted by Crippen LogP contribution is -2.32. The van der Waals surface area contributed by atoms with E-state index in [1.807, 2.05) is 19.1 Å². The third-order valence-electron chi connectivity index (χ3n) is 3.03. The van der Waals surface area contributed by atoms with E-state index in [4.69, 9.17) is 4.74 Å². The maximum Gasteiger partial charge on any atom is 0.263 e. The van der Waals surface area contributed by atoms with Crippen LogP contribution in [-0.2, 0) is 7.05 Å². The minimum Gasteiger partial charge on any atom is -0.479 e. The molecule has 6 heteroatoms. The summed E-state index contributed by atoms with van der Waals surface area (Å²) in [5, 5.41) is 2.58. The van der Waals surface area contributed by atoms with Gasteiger partial charge in [0.25, 0.3) is 11.5 Å². The summed E-state index contributed by atoms with van der Waals surface area (Å²) < 4.78 is 6.74. The van der Waals surface area contributed by atoms with Crippen molar-refractivity contribution in [2.45, 2.75) is 6.92 Å². The topological polar surface area (TPSA) is 73.2 Å². The van der Waals surface area contributed by atoms with Crippen LogP contribution in [0.4, 0.5) is 0 Å². The molecule has 0 aliphatic carbocycles. The van der Waals surface area contributed by atoms with Crippen molar-refractivity contribution in [2.75, 3.05) is 13.2 Å². The van der Waals surface area contributed by atoms with Crippen LogP contribution in [0.15, 0.2) is 41.5 Å². The molecule has 0 spiro atoms. The van der Waals surface area contributed by atoms with E-state index < -0.39 is 5.91 Å². The highest BCUT2D eigenvalue weighted by Crippen LogP contribution is 2.07. The summed E-state index contributed by atoms with van der Waals surface area (Å²) in [6, 6.07) is 6.80. The Balaban J connectivity index is 1.79. The number of nitrogens with zero attached hydrogens (tertiary/aromatic N) is 2. The summed E-state index contributed by atoms with van der Waals surface area (Å²) in [7, 11) is 1.59. The molecule has 118 valence electrons. The van der Waals surface area contributed by atoms with Gasteiger partial charge in [-0.2, -0.15) is 0 Å². The number of carbonyl (C=O) groups excluding carboxylic acids is 1. The normalized spacial score (nSPS) is 9.65. The molecule has 0 aliphatic rings. The molecule has 0 radical (unpaired) electrons. The first-order valence-electron chi connectivity index (χ1n) is 7.03. The average Bonchev–Trinajstić information content (AvgIpc) is 2.55. The first-order valence-corrected chi connectivity index (χ1v) is 7.03. The Labute approximate surface area is 134 Å². The van der Waals surface area contributed by atoms with Crippen LogP contribution >= 0.6 is 0 Å². The third kappa shape index (κ3) is 4.71. The maximum atomic E-state index is 11.9. The molecule has 23 heavy (non-hydrogen) atoms. The predicted octanol–water partition coefficient (Wildman–Crippen LogP) is 0.901. The van der Waals surface area contributed by atoms with Crippen LogP contribution in [0.2, 0.25) is 0 Å². The quantitative estimate of drug-likeness (QED) is 0.852. The van der Waals surface area contributed by atoms with E-state index in [2.05, 4.69) is 22.1 Å². The van der Waals surface area contributed by atoms with Gasteiger partial charge in [0, 0.05) is 18.9 Å². The van der Waals surface area contributed by atoms with E-state index >= 15 is 0 Å². The van der Waals surface area contributed by atoms with Crippen LogP contribution in [0.5, 0.6) is 5.75 Å². The molecule has 2 rings (SSSR count). The Morgan fingerprint density at radius 2 is 2.17 bits per heavy atom. The number of hydrogen-bond donors (Lipinski definition) is 1. The van der Waals surface area contributed by atoms with Crippen LogP contribution in [0.3, 0.4) is 0 Å². The summed E-state index contributed by atoms with van der Waals surface area (Å²) in [5.41, 5.74) is 0.671. The van der Waals surface area contributed by atoms with Crippen molar-refractivity contribution in [3.8, 4) is 17.6 Å². The van der Waals surface area contributed by atoms with Crippen molar-refractivity contribution in [1.82, 2.24) is 14.9 Å². The third-order valence-corrected chi connectivity index (χ3v) is 3.03. The van der Waals surface area contributed by atoms with Gasteiger partial charge in [0.2, 0.25) is 0 Å². The number of ether oxygens (including phenoxy) is 1. The van der Waals surface area contributed by atoms with Crippen molar-refractivity contribution in [3.05, 3.63) is 58.3 Å². The van der Waals surface area contributed by atoms with Gasteiger partial charge in [0.15, 0.2) is 0 Å². The van der Waals surface area contributed by atoms with E-state index in [-0.39, 0.29) is 24.3 Å². The molecule has 2 aromatic heterocycles. The Kier molecular flexibility index (Phi) is 5.53. The number of amides is 1. The molecule has 0 saturated heterocycles. The van der Waals surface area contributed by atoms with Crippen molar-refractivity contribution in [1.29, 1.82) is 0 Å². The molecule has 0 bridgehead atoms. The van der Waals surface area contributed by atoms with E-state index in [9.17, 15) is 9.59 Å². The molecule has 0 aliphatic heterocycles. The molecule has 2 aromatic rings. The fraction of sp³-hybridized carbons (Fsp3) is 0.235. The standard InChI is InChI=1S/C17H17N3O3/c1-13-7-8-14(12-19-13)23-11-4-3-9-18-16(21)15-6-5-10-20(2)17(15)22/h5-8,10,12H,9,11H2,1-2H3,(H,18,21). The number of hydrogen-bond acceptors (Lipinski definition) is 4. The smallest absolute Gasteiger partial charge is 0.263 e. The van der Waals surface area contributed by atoms with Gasteiger partial charge in [-0.1, -0.05) is 11.8 Å². The highest BCUT2D eigenvalue weighted by Gasteiger charge is 2.09. The molecule has 6 nitrogen and oxygen atoms in total. The van der Waals surface area contributed by atoms with Gasteiger partial charge in [-0.05, 0) is 31.2 Å². The summed E-state index contributed by atoms with van der Waals surface area (Å²) >= 11 is 0. The van der Waals surface area contributed by atoms with Crippen LogP contribution in [0.25, 0.3) is 0 Å². The molecule has 2 heterocycles. The average molecular weight is 311 g/mol. The molecule has 0 unspecified atom stereocenters. The number of carbonyl (C=O) groups is 1. The van der Waals surface area contributed by atoms with E-state index in [1.165, 1.54) is 10.6 Å².